The number of aromatic nitrogens is 2. The molecule has 1 heterocycles. The van der Waals surface area contributed by atoms with Gasteiger partial charge in [0.2, 0.25) is 11.0 Å². The largest absolute Gasteiger partial charge is 0.490 e. The summed E-state index contributed by atoms with van der Waals surface area (Å²) in [5.41, 5.74) is 9.84. The van der Waals surface area contributed by atoms with Gasteiger partial charge in [-0.1, -0.05) is 35.6 Å². The monoisotopic (exact) mass is 411 g/mol. The van der Waals surface area contributed by atoms with Crippen LogP contribution in [0.4, 0.5) is 5.13 Å². The lowest BCUT2D eigenvalue weighted by Gasteiger charge is -2.10. The van der Waals surface area contributed by atoms with E-state index in [1.54, 1.807) is 0 Å². The third-order valence-corrected chi connectivity index (χ3v) is 4.46. The molecule has 0 fully saturated rings. The van der Waals surface area contributed by atoms with Gasteiger partial charge in [0, 0.05) is 5.56 Å². The number of nitrogens with zero attached hydrogens (tertiary/aromatic N) is 3. The summed E-state index contributed by atoms with van der Waals surface area (Å²) in [6, 6.07) is 15.3. The Kier molecular flexibility index (Phi) is 7.12. The van der Waals surface area contributed by atoms with Gasteiger partial charge in [-0.25, -0.2) is 5.43 Å². The van der Waals surface area contributed by atoms with Gasteiger partial charge in [-0.3, -0.25) is 4.79 Å². The van der Waals surface area contributed by atoms with E-state index in [1.807, 2.05) is 55.5 Å². The van der Waals surface area contributed by atoms with E-state index in [2.05, 4.69) is 20.7 Å². The highest BCUT2D eigenvalue weighted by atomic mass is 32.1. The number of anilines is 1. The Bertz CT molecular complexity index is 990. The van der Waals surface area contributed by atoms with Gasteiger partial charge >= 0.3 is 0 Å². The highest BCUT2D eigenvalue weighted by Gasteiger charge is 2.07. The van der Waals surface area contributed by atoms with Crippen LogP contribution >= 0.6 is 11.3 Å². The van der Waals surface area contributed by atoms with Gasteiger partial charge in [0.05, 0.1) is 12.6 Å². The number of hydrogen-bond acceptors (Lipinski definition) is 8. The van der Waals surface area contributed by atoms with E-state index in [-0.39, 0.29) is 12.3 Å². The first-order valence-corrected chi connectivity index (χ1v) is 9.73. The molecule has 0 aliphatic carbocycles. The van der Waals surface area contributed by atoms with E-state index >= 15 is 0 Å². The minimum absolute atomic E-state index is 0.0701. The number of para-hydroxylation sites is 1. The predicted molar refractivity (Wildman–Crippen MR) is 112 cm³/mol. The Morgan fingerprint density at radius 2 is 2.00 bits per heavy atom. The molecule has 0 saturated heterocycles. The number of carbonyl (C=O) groups excluding carboxylic acids is 1. The summed E-state index contributed by atoms with van der Waals surface area (Å²) in [6.07, 6.45) is 1.60. The average Bonchev–Trinajstić information content (AvgIpc) is 3.11. The second-order valence-corrected chi connectivity index (χ2v) is 7.15. The lowest BCUT2D eigenvalue weighted by molar-refractivity contribution is -0.120. The molecule has 1 amide bonds. The van der Waals surface area contributed by atoms with Gasteiger partial charge in [-0.2, -0.15) is 5.10 Å². The second-order valence-electron chi connectivity index (χ2n) is 6.06. The standard InChI is InChI=1S/C20H21N5O3S/c1-14-5-4-7-16(11-14)27-9-10-28-17-8-3-2-6-15(17)13-22-23-18(26)12-19-24-25-20(21)29-19/h2-8,11,13H,9-10,12H2,1H3,(H2,21,25)(H,23,26)/b22-13-. The van der Waals surface area contributed by atoms with Crippen molar-refractivity contribution in [2.24, 2.45) is 5.10 Å². The first-order valence-electron chi connectivity index (χ1n) is 8.91. The molecule has 2 aromatic carbocycles. The van der Waals surface area contributed by atoms with Gasteiger partial charge in [-0.05, 0) is 36.8 Å². The van der Waals surface area contributed by atoms with Crippen molar-refractivity contribution in [1.29, 1.82) is 0 Å². The molecular formula is C20H21N5O3S. The molecule has 29 heavy (non-hydrogen) atoms. The number of aryl methyl sites for hydroxylation is 1. The molecule has 9 heteroatoms. The molecule has 0 radical (unpaired) electrons. The molecular weight excluding hydrogens is 390 g/mol. The third-order valence-electron chi connectivity index (χ3n) is 3.71. The molecule has 0 bridgehead atoms. The number of hydrogen-bond donors (Lipinski definition) is 2. The number of rotatable bonds is 9. The number of amides is 1. The minimum atomic E-state index is -0.303. The number of benzene rings is 2. The lowest BCUT2D eigenvalue weighted by Crippen LogP contribution is -2.19. The fraction of sp³-hybridized carbons (Fsp3) is 0.200. The van der Waals surface area contributed by atoms with Crippen molar-refractivity contribution < 1.29 is 14.3 Å². The number of ether oxygens (including phenoxy) is 2. The van der Waals surface area contributed by atoms with Crippen LogP contribution in [0.2, 0.25) is 0 Å². The number of hydrazone groups is 1. The summed E-state index contributed by atoms with van der Waals surface area (Å²) >= 11 is 1.17. The zero-order chi connectivity index (χ0) is 20.5. The molecule has 8 nitrogen and oxygen atoms in total. The van der Waals surface area contributed by atoms with Crippen molar-refractivity contribution in [3.63, 3.8) is 0 Å². The van der Waals surface area contributed by atoms with Gasteiger partial charge < -0.3 is 15.2 Å². The van der Waals surface area contributed by atoms with Crippen LogP contribution in [0.3, 0.4) is 0 Å². The van der Waals surface area contributed by atoms with Crippen molar-refractivity contribution >= 4 is 28.6 Å². The Morgan fingerprint density at radius 1 is 1.17 bits per heavy atom. The maximum absolute atomic E-state index is 11.9. The van der Waals surface area contributed by atoms with E-state index in [9.17, 15) is 4.79 Å². The van der Waals surface area contributed by atoms with Gasteiger partial charge in [0.25, 0.3) is 0 Å². The molecule has 3 aromatic rings. The molecule has 0 spiro atoms. The van der Waals surface area contributed by atoms with Gasteiger partial charge in [-0.15, -0.1) is 10.2 Å². The summed E-state index contributed by atoms with van der Waals surface area (Å²) in [4.78, 5) is 11.9. The van der Waals surface area contributed by atoms with Crippen LogP contribution in [0.1, 0.15) is 16.1 Å². The van der Waals surface area contributed by atoms with Crippen molar-refractivity contribution in [2.45, 2.75) is 13.3 Å². The van der Waals surface area contributed by atoms with Crippen molar-refractivity contribution in [1.82, 2.24) is 15.6 Å². The fourth-order valence-corrected chi connectivity index (χ4v) is 3.03. The average molecular weight is 411 g/mol. The Labute approximate surface area is 172 Å². The first kappa shape index (κ1) is 20.3. The Morgan fingerprint density at radius 3 is 2.79 bits per heavy atom. The first-order chi connectivity index (χ1) is 14.1. The summed E-state index contributed by atoms with van der Waals surface area (Å²) in [5, 5.41) is 12.3. The summed E-state index contributed by atoms with van der Waals surface area (Å²) in [6.45, 7) is 2.81. The topological polar surface area (TPSA) is 112 Å². The van der Waals surface area contributed by atoms with Crippen molar-refractivity contribution in [3.8, 4) is 11.5 Å². The Hall–Kier alpha value is -3.46. The molecule has 1 aromatic heterocycles. The Balaban J connectivity index is 1.47. The van der Waals surface area contributed by atoms with Crippen LogP contribution in [0, 0.1) is 6.92 Å². The normalized spacial score (nSPS) is 10.8. The van der Waals surface area contributed by atoms with E-state index in [4.69, 9.17) is 15.2 Å². The molecule has 0 unspecified atom stereocenters. The maximum Gasteiger partial charge on any atom is 0.247 e. The summed E-state index contributed by atoms with van der Waals surface area (Å²) < 4.78 is 11.5. The summed E-state index contributed by atoms with van der Waals surface area (Å²) in [5.74, 6) is 1.15. The highest BCUT2D eigenvalue weighted by molar-refractivity contribution is 7.15. The van der Waals surface area contributed by atoms with E-state index in [0.29, 0.717) is 29.1 Å². The second kappa shape index (κ2) is 10.2. The van der Waals surface area contributed by atoms with Crippen LogP contribution in [0.5, 0.6) is 11.5 Å². The zero-order valence-corrected chi connectivity index (χ0v) is 16.7. The van der Waals surface area contributed by atoms with Crippen molar-refractivity contribution in [2.75, 3.05) is 18.9 Å². The zero-order valence-electron chi connectivity index (χ0n) is 15.9. The molecule has 0 aliphatic heterocycles. The molecule has 0 aliphatic rings. The maximum atomic E-state index is 11.9. The molecule has 0 saturated carbocycles. The van der Waals surface area contributed by atoms with Gasteiger partial charge in [0.1, 0.15) is 29.7 Å². The smallest absolute Gasteiger partial charge is 0.247 e. The predicted octanol–water partition coefficient (Wildman–Crippen LogP) is 2.58. The number of nitrogen functional groups attached to an aromatic ring is 1. The van der Waals surface area contributed by atoms with E-state index < -0.39 is 0 Å². The van der Waals surface area contributed by atoms with Crippen LogP contribution in [0.25, 0.3) is 0 Å². The quantitative estimate of drug-likeness (QED) is 0.318. The summed E-state index contributed by atoms with van der Waals surface area (Å²) in [7, 11) is 0. The fourth-order valence-electron chi connectivity index (χ4n) is 2.42. The van der Waals surface area contributed by atoms with E-state index in [0.717, 1.165) is 16.9 Å². The van der Waals surface area contributed by atoms with Crippen molar-refractivity contribution in [3.05, 3.63) is 64.7 Å². The van der Waals surface area contributed by atoms with Gasteiger partial charge in [0.15, 0.2) is 0 Å². The lowest BCUT2D eigenvalue weighted by atomic mass is 10.2. The number of nitrogens with one attached hydrogen (secondary N) is 1. The molecule has 0 atom stereocenters. The minimum Gasteiger partial charge on any atom is -0.490 e. The third kappa shape index (κ3) is 6.58. The van der Waals surface area contributed by atoms with Crippen LogP contribution in [-0.2, 0) is 11.2 Å². The van der Waals surface area contributed by atoms with Crippen LogP contribution in [-0.4, -0.2) is 35.5 Å². The molecule has 3 N–H and O–H groups in total. The van der Waals surface area contributed by atoms with E-state index in [1.165, 1.54) is 17.6 Å². The highest BCUT2D eigenvalue weighted by Crippen LogP contribution is 2.16. The SMILES string of the molecule is Cc1cccc(OCCOc2ccccc2/C=N\NC(=O)Cc2nnc(N)s2)c1. The molecule has 3 rings (SSSR count). The number of nitrogens with two attached hydrogens (primary N) is 1. The van der Waals surface area contributed by atoms with Crippen LogP contribution < -0.4 is 20.6 Å². The van der Waals surface area contributed by atoms with Crippen LogP contribution in [0.15, 0.2) is 53.6 Å². The molecule has 150 valence electrons. The number of carbonyl (C=O) groups is 1.